The molecule has 0 radical (unpaired) electrons. The lowest BCUT2D eigenvalue weighted by Gasteiger charge is -2.03. The van der Waals surface area contributed by atoms with E-state index >= 15 is 0 Å². The van der Waals surface area contributed by atoms with Gasteiger partial charge in [0.15, 0.2) is 0 Å². The average molecular weight is 294 g/mol. The molecule has 0 amide bonds. The zero-order valence-electron chi connectivity index (χ0n) is 11.7. The van der Waals surface area contributed by atoms with Gasteiger partial charge in [-0.25, -0.2) is 4.79 Å². The van der Waals surface area contributed by atoms with Gasteiger partial charge in [-0.3, -0.25) is 9.55 Å². The van der Waals surface area contributed by atoms with Crippen LogP contribution in [0.4, 0.5) is 5.82 Å². The van der Waals surface area contributed by atoms with Crippen LogP contribution in [-0.2, 0) is 0 Å². The number of nitrogens with one attached hydrogen (secondary N) is 2. The van der Waals surface area contributed by atoms with Crippen molar-refractivity contribution in [2.75, 3.05) is 11.9 Å². The molecule has 0 saturated heterocycles. The number of hydrogen-bond acceptors (Lipinski definition) is 2. The number of unbranched alkanes of at least 4 members (excludes halogenated alkanes) is 3. The van der Waals surface area contributed by atoms with Crippen LogP contribution < -0.4 is 11.0 Å². The van der Waals surface area contributed by atoms with Gasteiger partial charge in [-0.1, -0.05) is 37.8 Å². The Balaban J connectivity index is 1.99. The van der Waals surface area contributed by atoms with Crippen molar-refractivity contribution in [2.24, 2.45) is 0 Å². The van der Waals surface area contributed by atoms with Gasteiger partial charge in [0.25, 0.3) is 0 Å². The summed E-state index contributed by atoms with van der Waals surface area (Å²) in [6.45, 7) is 3.07. The molecule has 2 aromatic rings. The Hall–Kier alpha value is -1.68. The van der Waals surface area contributed by atoms with Crippen LogP contribution in [-0.4, -0.2) is 16.1 Å². The molecular formula is C15H20ClN3O. The van der Waals surface area contributed by atoms with E-state index in [0.29, 0.717) is 5.02 Å². The maximum Gasteiger partial charge on any atom is 0.331 e. The van der Waals surface area contributed by atoms with Crippen LogP contribution in [0.2, 0.25) is 5.02 Å². The lowest BCUT2D eigenvalue weighted by molar-refractivity contribution is 0.684. The highest BCUT2D eigenvalue weighted by molar-refractivity contribution is 6.30. The number of rotatable bonds is 7. The van der Waals surface area contributed by atoms with E-state index in [1.165, 1.54) is 19.3 Å². The molecular weight excluding hydrogens is 274 g/mol. The monoisotopic (exact) mass is 293 g/mol. The third-order valence-corrected chi connectivity index (χ3v) is 3.42. The number of nitrogens with zero attached hydrogens (tertiary/aromatic N) is 1. The van der Waals surface area contributed by atoms with Gasteiger partial charge in [-0.15, -0.1) is 0 Å². The largest absolute Gasteiger partial charge is 0.370 e. The highest BCUT2D eigenvalue weighted by Crippen LogP contribution is 2.13. The Morgan fingerprint density at radius 2 is 1.95 bits per heavy atom. The van der Waals surface area contributed by atoms with Gasteiger partial charge in [-0.05, 0) is 30.7 Å². The molecule has 5 heteroatoms. The minimum Gasteiger partial charge on any atom is -0.370 e. The van der Waals surface area contributed by atoms with E-state index in [1.807, 2.05) is 12.1 Å². The topological polar surface area (TPSA) is 49.8 Å². The Labute approximate surface area is 123 Å². The summed E-state index contributed by atoms with van der Waals surface area (Å²) in [5.41, 5.74) is 0.651. The van der Waals surface area contributed by atoms with Gasteiger partial charge in [0.05, 0.1) is 11.9 Å². The summed E-state index contributed by atoms with van der Waals surface area (Å²) in [5, 5.41) is 3.90. The third kappa shape index (κ3) is 3.90. The second-order valence-electron chi connectivity index (χ2n) is 4.81. The molecule has 4 nitrogen and oxygen atoms in total. The SMILES string of the molecule is CCCCCCNc1cn(-c2ccc(Cl)cc2)c(=O)[nH]1. The fourth-order valence-corrected chi connectivity index (χ4v) is 2.18. The normalized spacial score (nSPS) is 10.7. The van der Waals surface area contributed by atoms with Gasteiger partial charge in [-0.2, -0.15) is 0 Å². The summed E-state index contributed by atoms with van der Waals surface area (Å²) < 4.78 is 1.57. The van der Waals surface area contributed by atoms with Crippen LogP contribution in [0.25, 0.3) is 5.69 Å². The van der Waals surface area contributed by atoms with Crippen molar-refractivity contribution in [3.05, 3.63) is 46.0 Å². The van der Waals surface area contributed by atoms with E-state index in [-0.39, 0.29) is 5.69 Å². The Morgan fingerprint density at radius 3 is 2.65 bits per heavy atom. The zero-order chi connectivity index (χ0) is 14.4. The first-order valence-corrected chi connectivity index (χ1v) is 7.40. The van der Waals surface area contributed by atoms with Crippen LogP contribution >= 0.6 is 11.6 Å². The number of aromatic nitrogens is 2. The highest BCUT2D eigenvalue weighted by Gasteiger charge is 2.04. The molecule has 0 bridgehead atoms. The molecule has 1 aromatic carbocycles. The van der Waals surface area contributed by atoms with Crippen LogP contribution in [0.1, 0.15) is 32.6 Å². The molecule has 0 spiro atoms. The molecule has 0 unspecified atom stereocenters. The molecule has 0 atom stereocenters. The molecule has 108 valence electrons. The van der Waals surface area contributed by atoms with Crippen LogP contribution in [0.3, 0.4) is 0 Å². The average Bonchev–Trinajstić information content (AvgIpc) is 2.81. The standard InChI is InChI=1S/C15H20ClN3O/c1-2-3-4-5-10-17-14-11-19(15(20)18-14)13-8-6-12(16)7-9-13/h6-9,11,17H,2-5,10H2,1H3,(H,18,20). The minimum atomic E-state index is -0.150. The Bertz CT molecular complexity index is 586. The number of anilines is 1. The van der Waals surface area contributed by atoms with Crippen molar-refractivity contribution in [1.29, 1.82) is 0 Å². The zero-order valence-corrected chi connectivity index (χ0v) is 12.4. The summed E-state index contributed by atoms with van der Waals surface area (Å²) >= 11 is 5.85. The molecule has 1 aromatic heterocycles. The van der Waals surface area contributed by atoms with Gasteiger partial charge in [0.1, 0.15) is 5.82 Å². The molecule has 0 aliphatic carbocycles. The van der Waals surface area contributed by atoms with E-state index in [1.54, 1.807) is 22.9 Å². The lowest BCUT2D eigenvalue weighted by Crippen LogP contribution is -2.13. The van der Waals surface area contributed by atoms with Crippen molar-refractivity contribution < 1.29 is 0 Å². The maximum absolute atomic E-state index is 11.9. The van der Waals surface area contributed by atoms with Crippen molar-refractivity contribution in [2.45, 2.75) is 32.6 Å². The second-order valence-corrected chi connectivity index (χ2v) is 5.24. The van der Waals surface area contributed by atoms with E-state index < -0.39 is 0 Å². The predicted octanol–water partition coefficient (Wildman–Crippen LogP) is 3.81. The van der Waals surface area contributed by atoms with E-state index in [4.69, 9.17) is 11.6 Å². The quantitative estimate of drug-likeness (QED) is 0.763. The molecule has 0 aliphatic heterocycles. The van der Waals surface area contributed by atoms with Crippen molar-refractivity contribution in [3.8, 4) is 5.69 Å². The number of hydrogen-bond donors (Lipinski definition) is 2. The number of benzene rings is 1. The van der Waals surface area contributed by atoms with Crippen molar-refractivity contribution in [3.63, 3.8) is 0 Å². The molecule has 0 saturated carbocycles. The lowest BCUT2D eigenvalue weighted by atomic mass is 10.2. The number of halogens is 1. The molecule has 2 rings (SSSR count). The maximum atomic E-state index is 11.9. The van der Waals surface area contributed by atoms with Crippen LogP contribution in [0.15, 0.2) is 35.3 Å². The highest BCUT2D eigenvalue weighted by atomic mass is 35.5. The first-order chi connectivity index (χ1) is 9.70. The first kappa shape index (κ1) is 14.7. The summed E-state index contributed by atoms with van der Waals surface area (Å²) in [6.07, 6.45) is 6.59. The van der Waals surface area contributed by atoms with Crippen molar-refractivity contribution in [1.82, 2.24) is 9.55 Å². The summed E-state index contributed by atoms with van der Waals surface area (Å²) in [7, 11) is 0. The number of aromatic amines is 1. The second kappa shape index (κ2) is 7.20. The van der Waals surface area contributed by atoms with Crippen molar-refractivity contribution >= 4 is 17.4 Å². The van der Waals surface area contributed by atoms with E-state index in [2.05, 4.69) is 17.2 Å². The fourth-order valence-electron chi connectivity index (χ4n) is 2.05. The minimum absolute atomic E-state index is 0.150. The van der Waals surface area contributed by atoms with Gasteiger partial charge < -0.3 is 5.32 Å². The third-order valence-electron chi connectivity index (χ3n) is 3.17. The van der Waals surface area contributed by atoms with Gasteiger partial charge >= 0.3 is 5.69 Å². The Morgan fingerprint density at radius 1 is 1.20 bits per heavy atom. The molecule has 1 heterocycles. The first-order valence-electron chi connectivity index (χ1n) is 7.02. The predicted molar refractivity (Wildman–Crippen MR) is 84.0 cm³/mol. The van der Waals surface area contributed by atoms with Crippen LogP contribution in [0, 0.1) is 0 Å². The molecule has 20 heavy (non-hydrogen) atoms. The summed E-state index contributed by atoms with van der Waals surface area (Å²) in [6, 6.07) is 7.19. The summed E-state index contributed by atoms with van der Waals surface area (Å²) in [5.74, 6) is 0.751. The fraction of sp³-hybridized carbons (Fsp3) is 0.400. The smallest absolute Gasteiger partial charge is 0.331 e. The van der Waals surface area contributed by atoms with E-state index in [0.717, 1.165) is 24.5 Å². The summed E-state index contributed by atoms with van der Waals surface area (Å²) in [4.78, 5) is 14.7. The number of imidazole rings is 1. The molecule has 2 N–H and O–H groups in total. The molecule has 0 fully saturated rings. The van der Waals surface area contributed by atoms with E-state index in [9.17, 15) is 4.79 Å². The molecule has 0 aliphatic rings. The van der Waals surface area contributed by atoms with Gasteiger partial charge in [0, 0.05) is 11.6 Å². The van der Waals surface area contributed by atoms with Crippen LogP contribution in [0.5, 0.6) is 0 Å². The number of H-pyrrole nitrogens is 1. The Kier molecular flexibility index (Phi) is 5.30. The van der Waals surface area contributed by atoms with Gasteiger partial charge in [0.2, 0.25) is 0 Å².